The second-order valence-electron chi connectivity index (χ2n) is 8.53. The van der Waals surface area contributed by atoms with Crippen LogP contribution >= 0.6 is 0 Å². The number of allylic oxidation sites excluding steroid dienone is 1. The molecule has 1 atom stereocenters. The van der Waals surface area contributed by atoms with Gasteiger partial charge in [-0.2, -0.15) is 13.2 Å². The van der Waals surface area contributed by atoms with E-state index in [1.165, 1.54) is 6.07 Å². The number of ether oxygens (including phenoxy) is 1. The van der Waals surface area contributed by atoms with Crippen molar-refractivity contribution in [3.8, 4) is 11.6 Å². The molecule has 0 saturated carbocycles. The van der Waals surface area contributed by atoms with Crippen LogP contribution in [0.3, 0.4) is 0 Å². The largest absolute Gasteiger partial charge is 0.416 e. The van der Waals surface area contributed by atoms with Gasteiger partial charge < -0.3 is 19.9 Å². The molecular formula is C25H23F4N7O. The van der Waals surface area contributed by atoms with E-state index in [9.17, 15) is 17.6 Å². The number of likely N-dealkylation sites (N-methyl/N-ethyl adjacent to an activating group) is 1. The first-order valence-corrected chi connectivity index (χ1v) is 11.5. The van der Waals surface area contributed by atoms with Gasteiger partial charge in [0.05, 0.1) is 42.4 Å². The molecule has 12 heteroatoms. The van der Waals surface area contributed by atoms with Crippen LogP contribution in [0.2, 0.25) is 0 Å². The van der Waals surface area contributed by atoms with Gasteiger partial charge in [-0.3, -0.25) is 0 Å². The van der Waals surface area contributed by atoms with Gasteiger partial charge >= 0.3 is 6.18 Å². The molecule has 5 rings (SSSR count). The van der Waals surface area contributed by atoms with E-state index >= 15 is 0 Å². The quantitative estimate of drug-likeness (QED) is 0.503. The summed E-state index contributed by atoms with van der Waals surface area (Å²) in [4.78, 5) is 21.0. The average molecular weight is 513 g/mol. The van der Waals surface area contributed by atoms with E-state index in [0.29, 0.717) is 43.4 Å². The number of nitrogens with one attached hydrogen (secondary N) is 1. The Morgan fingerprint density at radius 2 is 1.84 bits per heavy atom. The molecule has 2 aliphatic heterocycles. The Hall–Kier alpha value is -4.06. The third-order valence-electron chi connectivity index (χ3n) is 5.93. The summed E-state index contributed by atoms with van der Waals surface area (Å²) in [6.07, 6.45) is 3.70. The van der Waals surface area contributed by atoms with Crippen molar-refractivity contribution in [1.82, 2.24) is 24.8 Å². The molecule has 2 aromatic heterocycles. The van der Waals surface area contributed by atoms with Crippen LogP contribution in [0, 0.1) is 5.82 Å². The first kappa shape index (κ1) is 24.6. The number of hydrogen-bond donors (Lipinski definition) is 1. The number of rotatable bonds is 5. The molecule has 0 spiro atoms. The molecule has 0 amide bonds. The summed E-state index contributed by atoms with van der Waals surface area (Å²) >= 11 is 0. The molecule has 0 radical (unpaired) electrons. The lowest BCUT2D eigenvalue weighted by Crippen LogP contribution is -2.37. The van der Waals surface area contributed by atoms with Gasteiger partial charge in [-0.15, -0.1) is 0 Å². The zero-order valence-electron chi connectivity index (χ0n) is 19.8. The molecular weight excluding hydrogens is 490 g/mol. The highest BCUT2D eigenvalue weighted by atomic mass is 19.4. The van der Waals surface area contributed by atoms with E-state index in [1.54, 1.807) is 35.5 Å². The van der Waals surface area contributed by atoms with Gasteiger partial charge in [0.2, 0.25) is 0 Å². The predicted molar refractivity (Wildman–Crippen MR) is 129 cm³/mol. The second kappa shape index (κ2) is 10.1. The molecule has 3 aromatic rings. The SMILES string of the molecule is CN1C=C(Nc2cccc(C(F)(F)F)c2)C=CC1c1ccnc(-c2ncc(F)c(N3CCOCC3)n2)n1. The molecule has 1 N–H and O–H groups in total. The number of aromatic nitrogens is 4. The lowest BCUT2D eigenvalue weighted by molar-refractivity contribution is -0.137. The summed E-state index contributed by atoms with van der Waals surface area (Å²) in [6, 6.07) is 6.49. The maximum absolute atomic E-state index is 14.4. The molecule has 2 aliphatic rings. The van der Waals surface area contributed by atoms with Gasteiger partial charge in [0.15, 0.2) is 23.3 Å². The van der Waals surface area contributed by atoms with Gasteiger partial charge in [-0.05, 0) is 30.3 Å². The van der Waals surface area contributed by atoms with Crippen LogP contribution in [-0.4, -0.2) is 58.2 Å². The van der Waals surface area contributed by atoms with Crippen LogP contribution in [-0.2, 0) is 10.9 Å². The molecule has 0 aliphatic carbocycles. The normalized spacial score (nSPS) is 18.1. The van der Waals surface area contributed by atoms with Gasteiger partial charge in [0, 0.05) is 38.2 Å². The zero-order chi connectivity index (χ0) is 26.0. The third-order valence-corrected chi connectivity index (χ3v) is 5.93. The predicted octanol–water partition coefficient (Wildman–Crippen LogP) is 4.42. The van der Waals surface area contributed by atoms with Crippen molar-refractivity contribution in [3.63, 3.8) is 0 Å². The highest BCUT2D eigenvalue weighted by Crippen LogP contribution is 2.32. The minimum atomic E-state index is -4.42. The van der Waals surface area contributed by atoms with E-state index in [4.69, 9.17) is 4.74 Å². The van der Waals surface area contributed by atoms with Crippen LogP contribution in [0.15, 0.2) is 66.8 Å². The van der Waals surface area contributed by atoms with Crippen molar-refractivity contribution in [2.24, 2.45) is 0 Å². The Kier molecular flexibility index (Phi) is 6.74. The average Bonchev–Trinajstić information content (AvgIpc) is 2.89. The number of halogens is 4. The molecule has 4 heterocycles. The summed E-state index contributed by atoms with van der Waals surface area (Å²) < 4.78 is 58.8. The van der Waals surface area contributed by atoms with E-state index in [2.05, 4.69) is 25.3 Å². The Balaban J connectivity index is 1.34. The standard InChI is InChI=1S/C25H23F4N7O/c1-35-15-18(32-17-4-2-3-16(13-17)25(27,28)29)5-6-21(35)20-7-8-30-22(33-20)23-31-14-19(26)24(34-23)36-9-11-37-12-10-36/h2-8,13-15,21,32H,9-12H2,1H3. The number of hydrogen-bond acceptors (Lipinski definition) is 8. The molecule has 192 valence electrons. The van der Waals surface area contributed by atoms with E-state index < -0.39 is 17.6 Å². The van der Waals surface area contributed by atoms with Gasteiger partial charge in [0.25, 0.3) is 0 Å². The van der Waals surface area contributed by atoms with Crippen molar-refractivity contribution in [1.29, 1.82) is 0 Å². The fraction of sp³-hybridized carbons (Fsp3) is 0.280. The van der Waals surface area contributed by atoms with Crippen molar-refractivity contribution >= 4 is 11.5 Å². The lowest BCUT2D eigenvalue weighted by Gasteiger charge is -2.28. The van der Waals surface area contributed by atoms with Crippen LogP contribution in [0.25, 0.3) is 11.6 Å². The minimum Gasteiger partial charge on any atom is -0.378 e. The summed E-state index contributed by atoms with van der Waals surface area (Å²) in [6.45, 7) is 2.02. The first-order chi connectivity index (χ1) is 17.8. The Morgan fingerprint density at radius 3 is 2.59 bits per heavy atom. The van der Waals surface area contributed by atoms with Crippen LogP contribution in [0.1, 0.15) is 17.3 Å². The molecule has 8 nitrogen and oxygen atoms in total. The van der Waals surface area contributed by atoms with Crippen LogP contribution < -0.4 is 10.2 Å². The number of morpholine rings is 1. The second-order valence-corrected chi connectivity index (χ2v) is 8.53. The Morgan fingerprint density at radius 1 is 1.05 bits per heavy atom. The van der Waals surface area contributed by atoms with Crippen molar-refractivity contribution < 1.29 is 22.3 Å². The highest BCUT2D eigenvalue weighted by molar-refractivity contribution is 5.54. The zero-order valence-corrected chi connectivity index (χ0v) is 19.8. The number of nitrogens with zero attached hydrogens (tertiary/aromatic N) is 6. The smallest absolute Gasteiger partial charge is 0.378 e. The van der Waals surface area contributed by atoms with Crippen LogP contribution in [0.5, 0.6) is 0 Å². The third kappa shape index (κ3) is 5.53. The van der Waals surface area contributed by atoms with Crippen molar-refractivity contribution in [3.05, 3.63) is 83.8 Å². The number of anilines is 2. The fourth-order valence-electron chi connectivity index (χ4n) is 4.10. The molecule has 1 aromatic carbocycles. The van der Waals surface area contributed by atoms with E-state index in [-0.39, 0.29) is 23.5 Å². The van der Waals surface area contributed by atoms with E-state index in [1.807, 2.05) is 18.0 Å². The first-order valence-electron chi connectivity index (χ1n) is 11.5. The van der Waals surface area contributed by atoms with Gasteiger partial charge in [-0.1, -0.05) is 12.1 Å². The summed E-state index contributed by atoms with van der Waals surface area (Å²) in [5, 5.41) is 3.01. The number of alkyl halides is 3. The molecule has 1 unspecified atom stereocenters. The number of benzene rings is 1. The summed E-state index contributed by atoms with van der Waals surface area (Å²) in [7, 11) is 1.83. The topological polar surface area (TPSA) is 79.3 Å². The molecule has 37 heavy (non-hydrogen) atoms. The lowest BCUT2D eigenvalue weighted by atomic mass is 10.1. The Bertz CT molecular complexity index is 1340. The summed E-state index contributed by atoms with van der Waals surface area (Å²) in [5.74, 6) is 0.119. The molecule has 1 saturated heterocycles. The molecule has 1 fully saturated rings. The van der Waals surface area contributed by atoms with Crippen molar-refractivity contribution in [2.45, 2.75) is 12.2 Å². The van der Waals surface area contributed by atoms with Crippen LogP contribution in [0.4, 0.5) is 29.1 Å². The fourth-order valence-corrected chi connectivity index (χ4v) is 4.10. The van der Waals surface area contributed by atoms with Gasteiger partial charge in [-0.25, -0.2) is 24.3 Å². The maximum atomic E-state index is 14.4. The monoisotopic (exact) mass is 513 g/mol. The van der Waals surface area contributed by atoms with Gasteiger partial charge in [0.1, 0.15) is 0 Å². The van der Waals surface area contributed by atoms with E-state index in [0.717, 1.165) is 18.3 Å². The highest BCUT2D eigenvalue weighted by Gasteiger charge is 2.30. The molecule has 0 bridgehead atoms. The Labute approximate surface area is 210 Å². The minimum absolute atomic E-state index is 0.185. The summed E-state index contributed by atoms with van der Waals surface area (Å²) in [5.41, 5.74) is 0.868. The van der Waals surface area contributed by atoms with Crippen molar-refractivity contribution in [2.75, 3.05) is 43.6 Å². The maximum Gasteiger partial charge on any atom is 0.416 e.